The molecule has 0 N–H and O–H groups in total. The van der Waals surface area contributed by atoms with Gasteiger partial charge in [0, 0.05) is 36.0 Å². The Kier molecular flexibility index (Phi) is 4.33. The van der Waals surface area contributed by atoms with E-state index >= 15 is 0 Å². The zero-order chi connectivity index (χ0) is 15.7. The van der Waals surface area contributed by atoms with Crippen LogP contribution in [0.2, 0.25) is 0 Å². The normalized spacial score (nSPS) is 17.6. The Hall–Kier alpha value is -1.25. The van der Waals surface area contributed by atoms with Crippen molar-refractivity contribution < 1.29 is 8.42 Å². The highest BCUT2D eigenvalue weighted by atomic mass is 79.9. The first-order valence-corrected chi connectivity index (χ1v) is 9.69. The molecule has 0 aliphatic carbocycles. The second kappa shape index (κ2) is 6.10. The van der Waals surface area contributed by atoms with Gasteiger partial charge in [0.05, 0.1) is 11.8 Å². The first kappa shape index (κ1) is 15.6. The Balaban J connectivity index is 1.93. The molecule has 0 bridgehead atoms. The Labute approximate surface area is 138 Å². The van der Waals surface area contributed by atoms with Gasteiger partial charge >= 0.3 is 0 Å². The number of anilines is 1. The summed E-state index contributed by atoms with van der Waals surface area (Å²) in [4.78, 5) is 10.9. The summed E-state index contributed by atoms with van der Waals surface area (Å²) in [6.07, 6.45) is 3.61. The number of aromatic nitrogens is 2. The van der Waals surface area contributed by atoms with Gasteiger partial charge in [-0.15, -0.1) is 0 Å². The van der Waals surface area contributed by atoms with E-state index in [4.69, 9.17) is 0 Å². The maximum absolute atomic E-state index is 11.7. The lowest BCUT2D eigenvalue weighted by molar-refractivity contribution is 0.437. The number of rotatable bonds is 2. The molecule has 0 unspecified atom stereocenters. The van der Waals surface area contributed by atoms with Gasteiger partial charge in [-0.25, -0.2) is 22.7 Å². The molecule has 0 radical (unpaired) electrons. The van der Waals surface area contributed by atoms with E-state index in [1.165, 1.54) is 10.6 Å². The number of hydrogen-bond acceptors (Lipinski definition) is 5. The summed E-state index contributed by atoms with van der Waals surface area (Å²) in [6.45, 7) is 2.46. The third-order valence-electron chi connectivity index (χ3n) is 3.80. The van der Waals surface area contributed by atoms with Crippen LogP contribution < -0.4 is 4.90 Å². The van der Waals surface area contributed by atoms with Gasteiger partial charge in [-0.3, -0.25) is 0 Å². The lowest BCUT2D eigenvalue weighted by Crippen LogP contribution is -2.34. The molecule has 8 heteroatoms. The van der Waals surface area contributed by atoms with Crippen molar-refractivity contribution in [3.05, 3.63) is 29.0 Å². The lowest BCUT2D eigenvalue weighted by atomic mass is 10.2. The quantitative estimate of drug-likeness (QED) is 0.790. The van der Waals surface area contributed by atoms with Crippen molar-refractivity contribution in [1.29, 1.82) is 0 Å². The highest BCUT2D eigenvalue weighted by Gasteiger charge is 2.22. The molecule has 1 aromatic heterocycles. The van der Waals surface area contributed by atoms with Crippen molar-refractivity contribution in [2.24, 2.45) is 0 Å². The highest BCUT2D eigenvalue weighted by Crippen LogP contribution is 2.26. The minimum absolute atomic E-state index is 0.484. The number of hydrogen-bond donors (Lipinski definition) is 0. The summed E-state index contributed by atoms with van der Waals surface area (Å²) in [5, 5.41) is 0.977. The maximum Gasteiger partial charge on any atom is 0.211 e. The van der Waals surface area contributed by atoms with Crippen molar-refractivity contribution in [1.82, 2.24) is 14.3 Å². The van der Waals surface area contributed by atoms with Crippen molar-refractivity contribution >= 4 is 42.7 Å². The third-order valence-corrected chi connectivity index (χ3v) is 5.60. The summed E-state index contributed by atoms with van der Waals surface area (Å²) in [5.74, 6) is 0.863. The van der Waals surface area contributed by atoms with Crippen LogP contribution in [0, 0.1) is 0 Å². The molecule has 0 saturated carbocycles. The van der Waals surface area contributed by atoms with Gasteiger partial charge in [0.15, 0.2) is 0 Å². The second-order valence-electron chi connectivity index (χ2n) is 5.36. The SMILES string of the molecule is CS(=O)(=O)N1CCCN(c2ncnc3ccc(Br)cc23)CC1. The van der Waals surface area contributed by atoms with Crippen LogP contribution in [-0.2, 0) is 10.0 Å². The molecule has 1 aromatic carbocycles. The van der Waals surface area contributed by atoms with Crippen LogP contribution in [0.5, 0.6) is 0 Å². The number of sulfonamides is 1. The lowest BCUT2D eigenvalue weighted by Gasteiger charge is -2.23. The minimum atomic E-state index is -3.14. The molecule has 1 saturated heterocycles. The fourth-order valence-corrected chi connectivity index (χ4v) is 3.94. The van der Waals surface area contributed by atoms with Crippen molar-refractivity contribution in [2.45, 2.75) is 6.42 Å². The van der Waals surface area contributed by atoms with Crippen LogP contribution in [0.3, 0.4) is 0 Å². The predicted molar refractivity (Wildman–Crippen MR) is 90.5 cm³/mol. The van der Waals surface area contributed by atoms with E-state index in [2.05, 4.69) is 30.8 Å². The Morgan fingerprint density at radius 2 is 1.95 bits per heavy atom. The van der Waals surface area contributed by atoms with Gasteiger partial charge in [0.2, 0.25) is 10.0 Å². The van der Waals surface area contributed by atoms with Crippen LogP contribution in [0.25, 0.3) is 10.9 Å². The minimum Gasteiger partial charge on any atom is -0.355 e. The fraction of sp³-hybridized carbons (Fsp3) is 0.429. The molecule has 0 atom stereocenters. The predicted octanol–water partition coefficient (Wildman–Crippen LogP) is 1.86. The van der Waals surface area contributed by atoms with Crippen LogP contribution in [0.1, 0.15) is 6.42 Å². The summed E-state index contributed by atoms with van der Waals surface area (Å²) >= 11 is 3.48. The van der Waals surface area contributed by atoms with Crippen LogP contribution in [0.15, 0.2) is 29.0 Å². The molecule has 2 aromatic rings. The fourth-order valence-electron chi connectivity index (χ4n) is 2.70. The smallest absolute Gasteiger partial charge is 0.211 e. The van der Waals surface area contributed by atoms with E-state index in [0.717, 1.165) is 34.2 Å². The number of fused-ring (bicyclic) bond motifs is 1. The van der Waals surface area contributed by atoms with E-state index < -0.39 is 10.0 Å². The number of benzene rings is 1. The van der Waals surface area contributed by atoms with Crippen LogP contribution >= 0.6 is 15.9 Å². The average Bonchev–Trinajstić information content (AvgIpc) is 2.72. The van der Waals surface area contributed by atoms with Gasteiger partial charge in [0.25, 0.3) is 0 Å². The van der Waals surface area contributed by atoms with Crippen molar-refractivity contribution in [3.8, 4) is 0 Å². The van der Waals surface area contributed by atoms with Crippen LogP contribution in [0.4, 0.5) is 5.82 Å². The van der Waals surface area contributed by atoms with Gasteiger partial charge in [-0.05, 0) is 24.6 Å². The first-order valence-electron chi connectivity index (χ1n) is 7.05. The van der Waals surface area contributed by atoms with Gasteiger partial charge in [-0.1, -0.05) is 15.9 Å². The van der Waals surface area contributed by atoms with E-state index in [-0.39, 0.29) is 0 Å². The third kappa shape index (κ3) is 3.23. The Morgan fingerprint density at radius 3 is 2.73 bits per heavy atom. The molecule has 2 heterocycles. The molecule has 118 valence electrons. The Bertz CT molecular complexity index is 797. The average molecular weight is 385 g/mol. The van der Waals surface area contributed by atoms with E-state index in [1.807, 2.05) is 18.2 Å². The largest absolute Gasteiger partial charge is 0.355 e. The van der Waals surface area contributed by atoms with Gasteiger partial charge in [0.1, 0.15) is 12.1 Å². The molecule has 3 rings (SSSR count). The molecule has 0 amide bonds. The summed E-state index contributed by atoms with van der Waals surface area (Å²) < 4.78 is 25.9. The van der Waals surface area contributed by atoms with Gasteiger partial charge in [-0.2, -0.15) is 0 Å². The zero-order valence-electron chi connectivity index (χ0n) is 12.2. The topological polar surface area (TPSA) is 66.4 Å². The highest BCUT2D eigenvalue weighted by molar-refractivity contribution is 9.10. The number of halogens is 1. The van der Waals surface area contributed by atoms with Crippen LogP contribution in [-0.4, -0.2) is 55.1 Å². The summed E-state index contributed by atoms with van der Waals surface area (Å²) in [7, 11) is -3.14. The zero-order valence-corrected chi connectivity index (χ0v) is 14.6. The standard InChI is InChI=1S/C14H17BrN4O2S/c1-22(20,21)19-6-2-5-18(7-8-19)14-12-9-11(15)3-4-13(12)16-10-17-14/h3-4,9-10H,2,5-8H2,1H3. The molecule has 6 nitrogen and oxygen atoms in total. The van der Waals surface area contributed by atoms with Crippen molar-refractivity contribution in [3.63, 3.8) is 0 Å². The first-order chi connectivity index (χ1) is 10.4. The molecular formula is C14H17BrN4O2S. The monoisotopic (exact) mass is 384 g/mol. The molecule has 1 fully saturated rings. The van der Waals surface area contributed by atoms with E-state index in [0.29, 0.717) is 19.6 Å². The molecular weight excluding hydrogens is 368 g/mol. The molecule has 0 spiro atoms. The number of nitrogens with zero attached hydrogens (tertiary/aromatic N) is 4. The second-order valence-corrected chi connectivity index (χ2v) is 8.26. The van der Waals surface area contributed by atoms with E-state index in [9.17, 15) is 8.42 Å². The van der Waals surface area contributed by atoms with E-state index in [1.54, 1.807) is 6.33 Å². The molecule has 22 heavy (non-hydrogen) atoms. The van der Waals surface area contributed by atoms with Crippen molar-refractivity contribution in [2.75, 3.05) is 37.3 Å². The van der Waals surface area contributed by atoms with Gasteiger partial charge < -0.3 is 4.90 Å². The molecule has 1 aliphatic rings. The summed E-state index contributed by atoms with van der Waals surface area (Å²) in [6, 6.07) is 5.90. The Morgan fingerprint density at radius 1 is 1.14 bits per heavy atom. The summed E-state index contributed by atoms with van der Waals surface area (Å²) in [5.41, 5.74) is 0.886. The molecule has 1 aliphatic heterocycles. The maximum atomic E-state index is 11.7.